The van der Waals surface area contributed by atoms with E-state index in [1.54, 1.807) is 30.3 Å². The lowest BCUT2D eigenvalue weighted by atomic mass is 9.88. The Kier molecular flexibility index (Phi) is 12.6. The molecular formula is C50H44O12S3. The Balaban J connectivity index is 1.39. The zero-order chi connectivity index (χ0) is 46.1. The maximum atomic E-state index is 14.1. The zero-order valence-electron chi connectivity index (χ0n) is 34.8. The molecule has 0 aromatic heterocycles. The number of phenols is 3. The molecule has 0 radical (unpaired) electrons. The van der Waals surface area contributed by atoms with Gasteiger partial charge in [-0.3, -0.25) is 9.11 Å². The van der Waals surface area contributed by atoms with Gasteiger partial charge in [0.1, 0.15) is 27.9 Å². The quantitative estimate of drug-likeness (QED) is 0.0612. The third-order valence-electron chi connectivity index (χ3n) is 11.5. The molecule has 334 valence electrons. The van der Waals surface area contributed by atoms with Gasteiger partial charge in [0.15, 0.2) is 0 Å². The number of fused-ring (bicyclic) bond motifs is 8. The average Bonchev–Trinajstić information content (AvgIpc) is 3.27. The molecule has 65 heavy (non-hydrogen) atoms. The molecule has 0 saturated heterocycles. The molecule has 0 saturated carbocycles. The van der Waals surface area contributed by atoms with Crippen LogP contribution >= 0.6 is 0 Å². The van der Waals surface area contributed by atoms with Crippen molar-refractivity contribution in [3.05, 3.63) is 206 Å². The molecule has 0 aliphatic heterocycles. The van der Waals surface area contributed by atoms with Gasteiger partial charge in [-0.25, -0.2) is 0 Å². The minimum absolute atomic E-state index is 0.00187. The van der Waals surface area contributed by atoms with Crippen molar-refractivity contribution in [1.82, 2.24) is 0 Å². The number of hydrogen-bond donors (Lipinski definition) is 5. The summed E-state index contributed by atoms with van der Waals surface area (Å²) in [6.07, 6.45) is 0.716. The Labute approximate surface area is 377 Å². The van der Waals surface area contributed by atoms with E-state index in [1.807, 2.05) is 60.7 Å². The topological polar surface area (TPSA) is 213 Å². The molecule has 0 atom stereocenters. The van der Waals surface area contributed by atoms with Crippen LogP contribution in [-0.4, -0.2) is 49.7 Å². The fraction of sp³-hybridized carbons (Fsp3) is 0.160. The van der Waals surface area contributed by atoms with E-state index in [0.29, 0.717) is 36.8 Å². The van der Waals surface area contributed by atoms with Crippen LogP contribution in [0.15, 0.2) is 154 Å². The minimum atomic E-state index is -4.90. The van der Waals surface area contributed by atoms with E-state index in [-0.39, 0.29) is 98.1 Å². The molecule has 15 heteroatoms. The van der Waals surface area contributed by atoms with Crippen molar-refractivity contribution < 1.29 is 53.9 Å². The molecule has 0 heterocycles. The van der Waals surface area contributed by atoms with E-state index >= 15 is 0 Å². The first-order valence-electron chi connectivity index (χ1n) is 20.6. The van der Waals surface area contributed by atoms with E-state index in [9.17, 15) is 49.7 Å². The highest BCUT2D eigenvalue weighted by atomic mass is 32.2. The molecule has 0 spiro atoms. The Morgan fingerprint density at radius 3 is 1.02 bits per heavy atom. The lowest BCUT2D eigenvalue weighted by Crippen LogP contribution is -2.14. The number of aryl methyl sites for hydroxylation is 4. The molecule has 7 aromatic rings. The second kappa shape index (κ2) is 18.2. The summed E-state index contributed by atoms with van der Waals surface area (Å²) in [7, 11) is -14.4. The lowest BCUT2D eigenvalue weighted by Gasteiger charge is -2.21. The van der Waals surface area contributed by atoms with Gasteiger partial charge in [0, 0.05) is 59.1 Å². The van der Waals surface area contributed by atoms with Crippen LogP contribution in [0.1, 0.15) is 66.8 Å². The summed E-state index contributed by atoms with van der Waals surface area (Å²) in [5, 5.41) is 36.0. The predicted octanol–water partition coefficient (Wildman–Crippen LogP) is 8.31. The summed E-state index contributed by atoms with van der Waals surface area (Å²) in [6, 6.07) is 37.6. The van der Waals surface area contributed by atoms with E-state index in [2.05, 4.69) is 0 Å². The van der Waals surface area contributed by atoms with Crippen LogP contribution in [-0.2, 0) is 81.7 Å². The summed E-state index contributed by atoms with van der Waals surface area (Å²) in [5.74, 6) is -1.29. The Morgan fingerprint density at radius 1 is 0.369 bits per heavy atom. The first-order chi connectivity index (χ1) is 30.9. The number of phenolic OH excluding ortho intramolecular Hbond substituents is 3. The second-order valence-electron chi connectivity index (χ2n) is 16.2. The standard InChI is InChI=1S/C50H44O12S3/c51-47-36-20-34(18-16-32-10-4-1-5-11-32)21-37(47)25-39-29-46(64(57,58)59)31-41(49(39)53)27-43-23-35(19-17-33-12-6-2-7-13-33)22-42(50(43)62-65(60,61)44-14-8-3-9-15-44)26-40-30-45(63(54,55)56)28-38(24-36)48(40)52/h1-15,20-23,28-31,51-53H,16-19,24-27H2,(H,54,55,56)(H,57,58,59). The number of hydrogen-bond acceptors (Lipinski definition) is 10. The normalized spacial score (nSPS) is 13.0. The molecule has 7 aromatic carbocycles. The lowest BCUT2D eigenvalue weighted by molar-refractivity contribution is 0.452. The Bertz CT molecular complexity index is 3130. The van der Waals surface area contributed by atoms with Crippen LogP contribution in [0.5, 0.6) is 23.0 Å². The first-order valence-corrected chi connectivity index (χ1v) is 24.9. The average molecular weight is 933 g/mol. The fourth-order valence-electron chi connectivity index (χ4n) is 8.31. The van der Waals surface area contributed by atoms with E-state index in [0.717, 1.165) is 35.4 Å². The third kappa shape index (κ3) is 10.4. The molecule has 0 fully saturated rings. The van der Waals surface area contributed by atoms with Gasteiger partial charge in [-0.2, -0.15) is 25.3 Å². The summed E-state index contributed by atoms with van der Waals surface area (Å²) >= 11 is 0. The van der Waals surface area contributed by atoms with E-state index in [4.69, 9.17) is 4.18 Å². The van der Waals surface area contributed by atoms with Gasteiger partial charge >= 0.3 is 10.1 Å². The van der Waals surface area contributed by atoms with Crippen molar-refractivity contribution in [2.24, 2.45) is 0 Å². The zero-order valence-corrected chi connectivity index (χ0v) is 37.2. The van der Waals surface area contributed by atoms with E-state index in [1.165, 1.54) is 24.3 Å². The van der Waals surface area contributed by atoms with Crippen molar-refractivity contribution in [1.29, 1.82) is 0 Å². The van der Waals surface area contributed by atoms with Crippen LogP contribution in [0.3, 0.4) is 0 Å². The minimum Gasteiger partial charge on any atom is -0.507 e. The molecular weight excluding hydrogens is 889 g/mol. The van der Waals surface area contributed by atoms with Gasteiger partial charge in [0.2, 0.25) is 0 Å². The maximum absolute atomic E-state index is 14.1. The Hall–Kier alpha value is -6.49. The van der Waals surface area contributed by atoms with Gasteiger partial charge in [-0.15, -0.1) is 0 Å². The maximum Gasteiger partial charge on any atom is 0.339 e. The van der Waals surface area contributed by atoms with Gasteiger partial charge < -0.3 is 19.5 Å². The highest BCUT2D eigenvalue weighted by Crippen LogP contribution is 2.41. The molecule has 8 rings (SSSR count). The van der Waals surface area contributed by atoms with Crippen molar-refractivity contribution in [3.63, 3.8) is 0 Å². The Morgan fingerprint density at radius 2 is 0.662 bits per heavy atom. The summed E-state index contributed by atoms with van der Waals surface area (Å²) < 4.78 is 107. The van der Waals surface area contributed by atoms with Crippen molar-refractivity contribution >= 4 is 30.4 Å². The van der Waals surface area contributed by atoms with Gasteiger partial charge in [-0.1, -0.05) is 103 Å². The molecule has 12 nitrogen and oxygen atoms in total. The molecule has 1 aliphatic rings. The molecule has 8 bridgehead atoms. The molecule has 0 amide bonds. The summed E-state index contributed by atoms with van der Waals surface area (Å²) in [4.78, 5) is -1.31. The smallest absolute Gasteiger partial charge is 0.339 e. The van der Waals surface area contributed by atoms with Crippen molar-refractivity contribution in [2.75, 3.05) is 0 Å². The van der Waals surface area contributed by atoms with Crippen LogP contribution in [0, 0.1) is 0 Å². The van der Waals surface area contributed by atoms with Crippen LogP contribution in [0.2, 0.25) is 0 Å². The van der Waals surface area contributed by atoms with Crippen LogP contribution in [0.25, 0.3) is 0 Å². The van der Waals surface area contributed by atoms with Crippen LogP contribution < -0.4 is 4.18 Å². The highest BCUT2D eigenvalue weighted by molar-refractivity contribution is 7.87. The van der Waals surface area contributed by atoms with Gasteiger partial charge in [-0.05, 0) is 95.5 Å². The molecule has 0 unspecified atom stereocenters. The monoisotopic (exact) mass is 932 g/mol. The van der Waals surface area contributed by atoms with Crippen LogP contribution in [0.4, 0.5) is 0 Å². The third-order valence-corrected chi connectivity index (χ3v) is 14.4. The number of benzene rings is 7. The molecule has 5 N–H and O–H groups in total. The second-order valence-corrected chi connectivity index (χ2v) is 20.6. The van der Waals surface area contributed by atoms with E-state index < -0.39 is 40.1 Å². The molecule has 1 aliphatic carbocycles. The highest BCUT2D eigenvalue weighted by Gasteiger charge is 2.28. The SMILES string of the molecule is O=S(=O)(O)c1cc2c(O)c(c1)Cc1cc(CCc3ccccc3)cc(c1OS(=O)(=O)c1ccccc1)Cc1cc(S(=O)(=O)O)cc(c1O)Cc1cc(CCc3ccccc3)cc(c1O)C2. The van der Waals surface area contributed by atoms with Crippen molar-refractivity contribution in [2.45, 2.75) is 66.1 Å². The predicted molar refractivity (Wildman–Crippen MR) is 244 cm³/mol. The first kappa shape index (κ1) is 45.1. The number of rotatable bonds is 11. The summed E-state index contributed by atoms with van der Waals surface area (Å²) in [5.41, 5.74) is 4.09. The largest absolute Gasteiger partial charge is 0.507 e. The van der Waals surface area contributed by atoms with Gasteiger partial charge in [0.25, 0.3) is 20.2 Å². The number of aromatic hydroxyl groups is 3. The van der Waals surface area contributed by atoms with Gasteiger partial charge in [0.05, 0.1) is 9.79 Å². The fourth-order valence-corrected chi connectivity index (χ4v) is 10.5. The van der Waals surface area contributed by atoms with Crippen molar-refractivity contribution in [3.8, 4) is 23.0 Å². The summed E-state index contributed by atoms with van der Waals surface area (Å²) in [6.45, 7) is 0.